The summed E-state index contributed by atoms with van der Waals surface area (Å²) in [5, 5.41) is 3.41. The first-order chi connectivity index (χ1) is 25.7. The second kappa shape index (κ2) is 44.2. The van der Waals surface area contributed by atoms with Crippen LogP contribution in [0.1, 0.15) is 213 Å². The van der Waals surface area contributed by atoms with E-state index in [4.69, 9.17) is 19.9 Å². The fourth-order valence-electron chi connectivity index (χ4n) is 6.52. The number of hydrogen-bond acceptors (Lipinski definition) is 5. The van der Waals surface area contributed by atoms with E-state index in [-0.39, 0.29) is 0 Å². The Labute approximate surface area is 324 Å². The van der Waals surface area contributed by atoms with Gasteiger partial charge < -0.3 is 25.3 Å². The van der Waals surface area contributed by atoms with Gasteiger partial charge in [0.2, 0.25) is 5.91 Å². The number of amides is 1. The van der Waals surface area contributed by atoms with Gasteiger partial charge in [-0.15, -0.1) is 0 Å². The van der Waals surface area contributed by atoms with Crippen molar-refractivity contribution in [2.75, 3.05) is 39.5 Å². The van der Waals surface area contributed by atoms with Crippen LogP contribution in [0, 0.1) is 0 Å². The Bertz CT molecular complexity index is 759. The van der Waals surface area contributed by atoms with Gasteiger partial charge in [0.15, 0.2) is 6.10 Å². The zero-order valence-electron chi connectivity index (χ0n) is 35.1. The van der Waals surface area contributed by atoms with E-state index in [1.54, 1.807) is 0 Å². The predicted octanol–water partition coefficient (Wildman–Crippen LogP) is 12.7. The van der Waals surface area contributed by atoms with E-state index >= 15 is 0 Å². The van der Waals surface area contributed by atoms with Crippen LogP contribution in [-0.4, -0.2) is 57.6 Å². The first-order valence-electron chi connectivity index (χ1n) is 22.8. The molecule has 0 rings (SSSR count). The summed E-state index contributed by atoms with van der Waals surface area (Å²) in [6.07, 6.45) is 46.4. The van der Waals surface area contributed by atoms with E-state index in [9.17, 15) is 4.79 Å². The summed E-state index contributed by atoms with van der Waals surface area (Å²) in [5.74, 6) is -0.464. The molecule has 308 valence electrons. The Hall–Kier alpha value is -1.21. The van der Waals surface area contributed by atoms with E-state index in [0.29, 0.717) is 26.4 Å². The number of nitrogens with one attached hydrogen (secondary N) is 1. The van der Waals surface area contributed by atoms with Gasteiger partial charge in [-0.3, -0.25) is 4.79 Å². The zero-order chi connectivity index (χ0) is 37.8. The summed E-state index contributed by atoms with van der Waals surface area (Å²) in [4.78, 5) is 12.4. The molecule has 0 saturated heterocycles. The van der Waals surface area contributed by atoms with Gasteiger partial charge in [-0.25, -0.2) is 0 Å². The zero-order valence-corrected chi connectivity index (χ0v) is 35.1. The van der Waals surface area contributed by atoms with Crippen LogP contribution in [0.5, 0.6) is 0 Å². The van der Waals surface area contributed by atoms with Crippen molar-refractivity contribution >= 4 is 5.91 Å². The van der Waals surface area contributed by atoms with E-state index in [1.807, 2.05) is 0 Å². The lowest BCUT2D eigenvalue weighted by Crippen LogP contribution is -2.46. The second-order valence-electron chi connectivity index (χ2n) is 15.2. The van der Waals surface area contributed by atoms with Crippen LogP contribution >= 0.6 is 0 Å². The fraction of sp³-hybridized carbons (Fsp3) is 0.891. The molecule has 6 heteroatoms. The molecule has 0 saturated carbocycles. The molecule has 0 spiro atoms. The number of primary amides is 1. The van der Waals surface area contributed by atoms with Crippen LogP contribution in [0.3, 0.4) is 0 Å². The molecule has 0 aliphatic heterocycles. The summed E-state index contributed by atoms with van der Waals surface area (Å²) in [7, 11) is 0. The van der Waals surface area contributed by atoms with Crippen LogP contribution in [0.15, 0.2) is 24.3 Å². The molecule has 0 aromatic rings. The summed E-state index contributed by atoms with van der Waals surface area (Å²) in [6.45, 7) is 10.5. The van der Waals surface area contributed by atoms with E-state index in [2.05, 4.69) is 50.4 Å². The topological polar surface area (TPSA) is 82.8 Å². The number of allylic oxidation sites excluding steroid dienone is 4. The van der Waals surface area contributed by atoms with Gasteiger partial charge in [0.1, 0.15) is 6.10 Å². The largest absolute Gasteiger partial charge is 0.379 e. The van der Waals surface area contributed by atoms with Crippen LogP contribution in [0.25, 0.3) is 0 Å². The van der Waals surface area contributed by atoms with Gasteiger partial charge in [-0.2, -0.15) is 0 Å². The second-order valence-corrected chi connectivity index (χ2v) is 15.2. The third-order valence-electron chi connectivity index (χ3n) is 9.97. The number of unbranched alkanes of at least 4 members (excludes halogenated alkanes) is 25. The van der Waals surface area contributed by atoms with Crippen molar-refractivity contribution in [1.29, 1.82) is 0 Å². The highest BCUT2D eigenvalue weighted by Crippen LogP contribution is 2.13. The molecule has 0 bridgehead atoms. The third-order valence-corrected chi connectivity index (χ3v) is 9.97. The van der Waals surface area contributed by atoms with Gasteiger partial charge >= 0.3 is 0 Å². The fourth-order valence-corrected chi connectivity index (χ4v) is 6.52. The Balaban J connectivity index is 4.14. The molecule has 2 atom stereocenters. The standard InChI is InChI=1S/C46H90N2O4/c1-4-7-10-12-14-16-18-20-22-24-26-28-30-32-34-36-40-50-43-44(51-42-39-48-38-9-6-3)45(46(47)49)52-41-37-35-33-31-29-27-25-23-21-19-17-15-13-11-8-5-2/h20-23,44-45,48H,4-19,24-43H2,1-3H3,(H2,47,49)/b22-20-,23-21-. The number of nitrogens with two attached hydrogens (primary N) is 1. The van der Waals surface area contributed by atoms with Gasteiger partial charge in [-0.1, -0.05) is 167 Å². The van der Waals surface area contributed by atoms with Crippen molar-refractivity contribution < 1.29 is 19.0 Å². The van der Waals surface area contributed by atoms with Crippen molar-refractivity contribution in [2.24, 2.45) is 5.73 Å². The maximum atomic E-state index is 12.4. The van der Waals surface area contributed by atoms with Gasteiger partial charge in [0.25, 0.3) is 0 Å². The highest BCUT2D eigenvalue weighted by atomic mass is 16.6. The number of carbonyl (C=O) groups excluding carboxylic acids is 1. The van der Waals surface area contributed by atoms with E-state index in [1.165, 1.54) is 161 Å². The number of rotatable bonds is 44. The quantitative estimate of drug-likeness (QED) is 0.0481. The molecule has 0 aromatic carbocycles. The van der Waals surface area contributed by atoms with Crippen LogP contribution < -0.4 is 11.1 Å². The van der Waals surface area contributed by atoms with Crippen molar-refractivity contribution in [3.05, 3.63) is 24.3 Å². The minimum atomic E-state index is -0.779. The molecule has 3 N–H and O–H groups in total. The van der Waals surface area contributed by atoms with Gasteiger partial charge in [-0.05, 0) is 77.2 Å². The molecule has 2 unspecified atom stereocenters. The van der Waals surface area contributed by atoms with Crippen molar-refractivity contribution in [3.63, 3.8) is 0 Å². The molecule has 0 radical (unpaired) electrons. The van der Waals surface area contributed by atoms with Gasteiger partial charge in [0, 0.05) is 19.8 Å². The minimum Gasteiger partial charge on any atom is -0.379 e. The molecular weight excluding hydrogens is 645 g/mol. The highest BCUT2D eigenvalue weighted by Gasteiger charge is 2.28. The molecule has 0 heterocycles. The van der Waals surface area contributed by atoms with Crippen LogP contribution in [-0.2, 0) is 19.0 Å². The van der Waals surface area contributed by atoms with Crippen molar-refractivity contribution in [3.8, 4) is 0 Å². The maximum Gasteiger partial charge on any atom is 0.249 e. The lowest BCUT2D eigenvalue weighted by atomic mass is 10.1. The smallest absolute Gasteiger partial charge is 0.249 e. The monoisotopic (exact) mass is 735 g/mol. The van der Waals surface area contributed by atoms with E-state index in [0.717, 1.165) is 45.2 Å². The number of ether oxygens (including phenoxy) is 3. The molecule has 6 nitrogen and oxygen atoms in total. The summed E-state index contributed by atoms with van der Waals surface area (Å²) < 4.78 is 18.2. The van der Waals surface area contributed by atoms with Crippen LogP contribution in [0.4, 0.5) is 0 Å². The lowest BCUT2D eigenvalue weighted by molar-refractivity contribution is -0.147. The average molecular weight is 735 g/mol. The minimum absolute atomic E-state index is 0.334. The molecule has 0 fully saturated rings. The normalized spacial score (nSPS) is 13.1. The van der Waals surface area contributed by atoms with Crippen molar-refractivity contribution in [2.45, 2.75) is 226 Å². The molecule has 0 aliphatic rings. The molecular formula is C46H90N2O4. The molecule has 1 amide bonds. The Morgan fingerprint density at radius 2 is 0.885 bits per heavy atom. The SMILES string of the molecule is CCCCCCCC/C=C\CCCCCCCCOCC(OCCNCCCC)C(OCCCCCCCC/C=C\CCCCCCCC)C(N)=O. The molecule has 0 aliphatic carbocycles. The van der Waals surface area contributed by atoms with Gasteiger partial charge in [0.05, 0.1) is 13.2 Å². The Kier molecular flexibility index (Phi) is 43.2. The number of hydrogen-bond donors (Lipinski definition) is 2. The first kappa shape index (κ1) is 50.8. The maximum absolute atomic E-state index is 12.4. The van der Waals surface area contributed by atoms with E-state index < -0.39 is 18.1 Å². The summed E-state index contributed by atoms with van der Waals surface area (Å²) in [5.41, 5.74) is 5.82. The summed E-state index contributed by atoms with van der Waals surface area (Å²) >= 11 is 0. The van der Waals surface area contributed by atoms with Crippen molar-refractivity contribution in [1.82, 2.24) is 5.32 Å². The summed E-state index contributed by atoms with van der Waals surface area (Å²) in [6, 6.07) is 0. The molecule has 0 aromatic heterocycles. The molecule has 52 heavy (non-hydrogen) atoms. The lowest BCUT2D eigenvalue weighted by Gasteiger charge is -2.25. The number of carbonyl (C=O) groups is 1. The predicted molar refractivity (Wildman–Crippen MR) is 226 cm³/mol. The third kappa shape index (κ3) is 38.5. The Morgan fingerprint density at radius 1 is 0.481 bits per heavy atom. The average Bonchev–Trinajstić information content (AvgIpc) is 3.14. The van der Waals surface area contributed by atoms with Crippen LogP contribution in [0.2, 0.25) is 0 Å². The first-order valence-corrected chi connectivity index (χ1v) is 22.8. The highest BCUT2D eigenvalue weighted by molar-refractivity contribution is 5.79. The Morgan fingerprint density at radius 3 is 1.33 bits per heavy atom.